The lowest BCUT2D eigenvalue weighted by molar-refractivity contribution is 0.465. The second kappa shape index (κ2) is 16.5. The molecule has 11 aromatic carbocycles. The van der Waals surface area contributed by atoms with E-state index in [1.165, 1.54) is 20.7 Å². The molecule has 0 bridgehead atoms. The highest BCUT2D eigenvalue weighted by atomic mass is 28.3. The molecule has 344 valence electrons. The topological polar surface area (TPSA) is 52.1 Å². The Hall–Kier alpha value is -9.61. The van der Waals surface area contributed by atoms with E-state index in [-0.39, 0.29) is 6.71 Å². The molecule has 0 unspecified atom stereocenters. The van der Waals surface area contributed by atoms with E-state index in [9.17, 15) is 5.26 Å². The molecule has 0 saturated carbocycles. The standard InChI is InChI=1S/C67H42BN3O2Si/c69-43-54-61(70-57-31-15-10-26-50(57)51-27-11-16-32-58(51)70)38-44(39-62(54)71-59-33-17-12-28-52(59)53-29-13-18-34-60(53)71)45-40-65-67-66(41-45)73-64-42-49(36-37-56(64)68(67)55-30-14-19-35-63(55)72-65)74(46-20-4-1-5-21-46,47-22-6-2-7-23-47)48-24-8-3-9-25-48/h1-42H. The first kappa shape index (κ1) is 42.1. The zero-order valence-electron chi connectivity index (χ0n) is 40.0. The Morgan fingerprint density at radius 2 is 0.743 bits per heavy atom. The summed E-state index contributed by atoms with van der Waals surface area (Å²) in [5, 5.41) is 21.2. The minimum Gasteiger partial charge on any atom is -0.458 e. The van der Waals surface area contributed by atoms with Gasteiger partial charge in [0.25, 0.3) is 6.71 Å². The van der Waals surface area contributed by atoms with Gasteiger partial charge in [0, 0.05) is 27.0 Å². The molecule has 0 fully saturated rings. The van der Waals surface area contributed by atoms with Gasteiger partial charge < -0.3 is 18.6 Å². The van der Waals surface area contributed by atoms with Gasteiger partial charge >= 0.3 is 0 Å². The third kappa shape index (κ3) is 6.10. The van der Waals surface area contributed by atoms with Gasteiger partial charge in [0.15, 0.2) is 8.07 Å². The molecule has 2 aromatic heterocycles. The average molecular weight is 960 g/mol. The van der Waals surface area contributed by atoms with E-state index in [4.69, 9.17) is 9.47 Å². The molecule has 0 amide bonds. The van der Waals surface area contributed by atoms with Gasteiger partial charge in [-0.3, -0.25) is 0 Å². The van der Waals surface area contributed by atoms with Crippen LogP contribution in [0.25, 0.3) is 66.1 Å². The highest BCUT2D eigenvalue weighted by Gasteiger charge is 2.45. The summed E-state index contributed by atoms with van der Waals surface area (Å²) in [7, 11) is -2.90. The largest absolute Gasteiger partial charge is 0.458 e. The average Bonchev–Trinajstić information content (AvgIpc) is 3.99. The minimum atomic E-state index is -2.90. The van der Waals surface area contributed by atoms with Crippen molar-refractivity contribution < 1.29 is 9.47 Å². The molecular formula is C67H42BN3O2Si. The Kier molecular flexibility index (Phi) is 9.37. The summed E-state index contributed by atoms with van der Waals surface area (Å²) in [6, 6.07) is 94.0. The number of nitrogens with zero attached hydrogens (tertiary/aromatic N) is 3. The van der Waals surface area contributed by atoms with E-state index in [1.807, 2.05) is 6.07 Å². The Morgan fingerprint density at radius 3 is 1.22 bits per heavy atom. The van der Waals surface area contributed by atoms with E-state index in [2.05, 4.69) is 264 Å². The van der Waals surface area contributed by atoms with Crippen molar-refractivity contribution in [2.75, 3.05) is 0 Å². The van der Waals surface area contributed by atoms with Gasteiger partial charge in [0.2, 0.25) is 0 Å². The summed E-state index contributed by atoms with van der Waals surface area (Å²) in [6.45, 7) is -0.139. The number of aromatic nitrogens is 2. The van der Waals surface area contributed by atoms with E-state index in [0.29, 0.717) is 5.56 Å². The van der Waals surface area contributed by atoms with Crippen LogP contribution in [0, 0.1) is 11.3 Å². The lowest BCUT2D eigenvalue weighted by Gasteiger charge is -2.37. The molecule has 0 atom stereocenters. The number of nitriles is 1. The van der Waals surface area contributed by atoms with Gasteiger partial charge in [0.1, 0.15) is 34.6 Å². The number of hydrogen-bond acceptors (Lipinski definition) is 3. The van der Waals surface area contributed by atoms with Crippen LogP contribution in [-0.2, 0) is 0 Å². The molecule has 74 heavy (non-hydrogen) atoms. The summed E-state index contributed by atoms with van der Waals surface area (Å²) in [5.41, 5.74) is 11.3. The third-order valence-corrected chi connectivity index (χ3v) is 20.4. The maximum Gasteiger partial charge on any atom is 0.260 e. The van der Waals surface area contributed by atoms with Gasteiger partial charge in [-0.25, -0.2) is 0 Å². The molecule has 5 nitrogen and oxygen atoms in total. The second-order valence-electron chi connectivity index (χ2n) is 19.4. The normalized spacial score (nSPS) is 12.5. The first-order chi connectivity index (χ1) is 36.7. The number of fused-ring (bicyclic) bond motifs is 10. The summed E-state index contributed by atoms with van der Waals surface area (Å²) in [5.74, 6) is 3.15. The van der Waals surface area contributed by atoms with Gasteiger partial charge in [-0.05, 0) is 103 Å². The van der Waals surface area contributed by atoms with Crippen LogP contribution in [0.1, 0.15) is 5.56 Å². The maximum atomic E-state index is 11.6. The van der Waals surface area contributed by atoms with Crippen molar-refractivity contribution in [3.8, 4) is 51.6 Å². The molecule has 0 N–H and O–H groups in total. The van der Waals surface area contributed by atoms with Crippen molar-refractivity contribution in [1.82, 2.24) is 9.13 Å². The first-order valence-electron chi connectivity index (χ1n) is 25.2. The number of rotatable bonds is 7. The Labute approximate surface area is 429 Å². The van der Waals surface area contributed by atoms with Crippen molar-refractivity contribution in [3.05, 3.63) is 260 Å². The molecule has 7 heteroatoms. The van der Waals surface area contributed by atoms with Gasteiger partial charge in [-0.1, -0.05) is 194 Å². The van der Waals surface area contributed by atoms with Crippen LogP contribution in [0.15, 0.2) is 255 Å². The highest BCUT2D eigenvalue weighted by molar-refractivity contribution is 7.20. The van der Waals surface area contributed by atoms with Crippen molar-refractivity contribution in [2.45, 2.75) is 0 Å². The van der Waals surface area contributed by atoms with Crippen LogP contribution in [0.2, 0.25) is 0 Å². The fraction of sp³-hybridized carbons (Fsp3) is 0. The molecule has 4 heterocycles. The predicted octanol–water partition coefficient (Wildman–Crippen LogP) is 11.5. The van der Waals surface area contributed by atoms with Crippen LogP contribution in [-0.4, -0.2) is 23.9 Å². The van der Waals surface area contributed by atoms with Gasteiger partial charge in [-0.2, -0.15) is 5.26 Å². The van der Waals surface area contributed by atoms with Crippen molar-refractivity contribution in [1.29, 1.82) is 5.26 Å². The number of hydrogen-bond donors (Lipinski definition) is 0. The zero-order valence-corrected chi connectivity index (χ0v) is 41.0. The number of ether oxygens (including phenoxy) is 2. The molecule has 0 spiro atoms. The van der Waals surface area contributed by atoms with Crippen LogP contribution in [0.4, 0.5) is 0 Å². The van der Waals surface area contributed by atoms with Crippen molar-refractivity contribution in [2.24, 2.45) is 0 Å². The van der Waals surface area contributed by atoms with Crippen LogP contribution < -0.4 is 46.6 Å². The van der Waals surface area contributed by atoms with E-state index < -0.39 is 8.07 Å². The Balaban J connectivity index is 0.996. The van der Waals surface area contributed by atoms with Crippen molar-refractivity contribution >= 4 is 95.5 Å². The maximum absolute atomic E-state index is 11.6. The molecule has 2 aliphatic heterocycles. The molecular weight excluding hydrogens is 918 g/mol. The molecule has 13 aromatic rings. The fourth-order valence-electron chi connectivity index (χ4n) is 12.5. The second-order valence-corrected chi connectivity index (χ2v) is 23.2. The van der Waals surface area contributed by atoms with Gasteiger partial charge in [0.05, 0.1) is 33.4 Å². The van der Waals surface area contributed by atoms with Crippen molar-refractivity contribution in [3.63, 3.8) is 0 Å². The highest BCUT2D eigenvalue weighted by Crippen LogP contribution is 2.43. The number of benzene rings is 11. The van der Waals surface area contributed by atoms with E-state index >= 15 is 0 Å². The zero-order chi connectivity index (χ0) is 48.9. The minimum absolute atomic E-state index is 0.139. The first-order valence-corrected chi connectivity index (χ1v) is 27.2. The summed E-state index contributed by atoms with van der Waals surface area (Å²) >= 11 is 0. The van der Waals surface area contributed by atoms with E-state index in [0.717, 1.165) is 105 Å². The van der Waals surface area contributed by atoms with Gasteiger partial charge in [-0.15, -0.1) is 0 Å². The lowest BCUT2D eigenvalue weighted by Crippen LogP contribution is -2.75. The fourth-order valence-corrected chi connectivity index (χ4v) is 17.3. The van der Waals surface area contributed by atoms with E-state index in [1.54, 1.807) is 0 Å². The molecule has 0 radical (unpaired) electrons. The smallest absolute Gasteiger partial charge is 0.260 e. The monoisotopic (exact) mass is 959 g/mol. The molecule has 2 aliphatic rings. The molecule has 0 aliphatic carbocycles. The summed E-state index contributed by atoms with van der Waals surface area (Å²) in [6.07, 6.45) is 0. The Bertz CT molecular complexity index is 4130. The summed E-state index contributed by atoms with van der Waals surface area (Å²) in [4.78, 5) is 0. The Morgan fingerprint density at radius 1 is 0.351 bits per heavy atom. The lowest BCUT2D eigenvalue weighted by atomic mass is 9.35. The number of para-hydroxylation sites is 5. The SMILES string of the molecule is N#Cc1c(-n2c3ccccc3c3ccccc32)cc(-c2cc3c4c(c2)Oc2cc([Si](c5ccccc5)(c5ccccc5)c5ccccc5)ccc2B4c2ccccc2O3)cc1-n1c2ccccc2c2ccccc21. The molecule has 0 saturated heterocycles. The summed E-state index contributed by atoms with van der Waals surface area (Å²) < 4.78 is 18.9. The quantitative estimate of drug-likeness (QED) is 0.118. The predicted molar refractivity (Wildman–Crippen MR) is 307 cm³/mol. The molecule has 15 rings (SSSR count). The third-order valence-electron chi connectivity index (χ3n) is 15.6. The van der Waals surface area contributed by atoms with Crippen LogP contribution in [0.5, 0.6) is 23.0 Å². The van der Waals surface area contributed by atoms with Crippen LogP contribution >= 0.6 is 0 Å². The van der Waals surface area contributed by atoms with Crippen LogP contribution in [0.3, 0.4) is 0 Å².